The van der Waals surface area contributed by atoms with E-state index in [1.165, 1.54) is 23.1 Å². The van der Waals surface area contributed by atoms with Crippen LogP contribution in [0.5, 0.6) is 0 Å². The second kappa shape index (κ2) is 7.79. The molecule has 0 saturated heterocycles. The molecule has 1 rings (SSSR count). The maximum absolute atomic E-state index is 9.68. The van der Waals surface area contributed by atoms with Crippen LogP contribution in [0, 0.1) is 11.3 Å². The molecule has 0 bridgehead atoms. The lowest BCUT2D eigenvalue weighted by Crippen LogP contribution is -2.25. The SMILES string of the molecule is CCC(C)CC(C)(C1=CCC(O)C=C1)/C(C)=C/C=C(C)C. The fourth-order valence-electron chi connectivity index (χ4n) is 2.84. The first kappa shape index (κ1) is 18.0. The van der Waals surface area contributed by atoms with E-state index < -0.39 is 0 Å². The average Bonchev–Trinajstić information content (AvgIpc) is 2.44. The highest BCUT2D eigenvalue weighted by atomic mass is 16.3. The molecular weight excluding hydrogens is 256 g/mol. The number of rotatable bonds is 6. The van der Waals surface area contributed by atoms with Gasteiger partial charge in [0.2, 0.25) is 0 Å². The lowest BCUT2D eigenvalue weighted by Gasteiger charge is -2.36. The van der Waals surface area contributed by atoms with Crippen LogP contribution in [0.15, 0.2) is 47.1 Å². The van der Waals surface area contributed by atoms with Gasteiger partial charge < -0.3 is 5.11 Å². The molecule has 1 heteroatoms. The number of hydrogen-bond donors (Lipinski definition) is 1. The van der Waals surface area contributed by atoms with E-state index >= 15 is 0 Å². The molecule has 0 aromatic carbocycles. The van der Waals surface area contributed by atoms with E-state index in [1.807, 2.05) is 6.08 Å². The molecule has 3 atom stereocenters. The summed E-state index contributed by atoms with van der Waals surface area (Å²) >= 11 is 0. The van der Waals surface area contributed by atoms with E-state index in [4.69, 9.17) is 0 Å². The topological polar surface area (TPSA) is 20.2 Å². The van der Waals surface area contributed by atoms with Gasteiger partial charge in [-0.25, -0.2) is 0 Å². The van der Waals surface area contributed by atoms with Crippen molar-refractivity contribution in [2.75, 3.05) is 0 Å². The summed E-state index contributed by atoms with van der Waals surface area (Å²) in [7, 11) is 0. The van der Waals surface area contributed by atoms with Crippen molar-refractivity contribution in [3.63, 3.8) is 0 Å². The van der Waals surface area contributed by atoms with Crippen molar-refractivity contribution in [2.45, 2.75) is 66.9 Å². The third-order valence-corrected chi connectivity index (χ3v) is 4.70. The van der Waals surface area contributed by atoms with Crippen molar-refractivity contribution < 1.29 is 5.11 Å². The standard InChI is InChI=1S/C20H32O/c1-7-16(4)14-20(6,17(5)9-8-15(2)3)18-10-12-19(21)13-11-18/h8-12,16,19,21H,7,13-14H2,1-6H3/b17-9+. The van der Waals surface area contributed by atoms with Crippen LogP contribution in [0.3, 0.4) is 0 Å². The van der Waals surface area contributed by atoms with Crippen molar-refractivity contribution in [3.05, 3.63) is 47.1 Å². The first-order chi connectivity index (χ1) is 9.79. The summed E-state index contributed by atoms with van der Waals surface area (Å²) in [5.74, 6) is 0.686. The molecule has 0 aliphatic heterocycles. The summed E-state index contributed by atoms with van der Waals surface area (Å²) in [6.45, 7) is 13.4. The lowest BCUT2D eigenvalue weighted by atomic mass is 9.68. The van der Waals surface area contributed by atoms with E-state index in [0.717, 1.165) is 12.8 Å². The van der Waals surface area contributed by atoms with Crippen LogP contribution in [-0.2, 0) is 0 Å². The zero-order valence-corrected chi connectivity index (χ0v) is 14.6. The minimum absolute atomic E-state index is 0.0536. The average molecular weight is 288 g/mol. The number of aliphatic hydroxyl groups is 1. The molecule has 118 valence electrons. The van der Waals surface area contributed by atoms with Gasteiger partial charge in [-0.15, -0.1) is 0 Å². The third kappa shape index (κ3) is 5.00. The van der Waals surface area contributed by atoms with Gasteiger partial charge in [0.1, 0.15) is 0 Å². The van der Waals surface area contributed by atoms with Gasteiger partial charge >= 0.3 is 0 Å². The van der Waals surface area contributed by atoms with Crippen molar-refractivity contribution >= 4 is 0 Å². The molecule has 0 radical (unpaired) electrons. The minimum Gasteiger partial charge on any atom is -0.389 e. The lowest BCUT2D eigenvalue weighted by molar-refractivity contribution is 0.223. The molecule has 0 saturated carbocycles. The summed E-state index contributed by atoms with van der Waals surface area (Å²) in [6, 6.07) is 0. The third-order valence-electron chi connectivity index (χ3n) is 4.70. The van der Waals surface area contributed by atoms with Crippen molar-refractivity contribution in [1.82, 2.24) is 0 Å². The van der Waals surface area contributed by atoms with Crippen LogP contribution in [0.2, 0.25) is 0 Å². The summed E-state index contributed by atoms with van der Waals surface area (Å²) in [4.78, 5) is 0. The van der Waals surface area contributed by atoms with Crippen LogP contribution >= 0.6 is 0 Å². The smallest absolute Gasteiger partial charge is 0.0758 e. The summed E-state index contributed by atoms with van der Waals surface area (Å²) in [6.07, 6.45) is 13.5. The zero-order chi connectivity index (χ0) is 16.0. The maximum Gasteiger partial charge on any atom is 0.0758 e. The summed E-state index contributed by atoms with van der Waals surface area (Å²) < 4.78 is 0. The van der Waals surface area contributed by atoms with Crippen molar-refractivity contribution in [3.8, 4) is 0 Å². The second-order valence-electron chi connectivity index (χ2n) is 6.96. The Morgan fingerprint density at radius 2 is 2.05 bits per heavy atom. The molecule has 0 aromatic rings. The van der Waals surface area contributed by atoms with Crippen LogP contribution in [0.4, 0.5) is 0 Å². The van der Waals surface area contributed by atoms with Gasteiger partial charge in [0.05, 0.1) is 6.10 Å². The Labute approximate surface area is 131 Å². The van der Waals surface area contributed by atoms with Gasteiger partial charge in [0, 0.05) is 5.41 Å². The number of allylic oxidation sites excluding steroid dienone is 6. The highest BCUT2D eigenvalue weighted by Gasteiger charge is 2.31. The largest absolute Gasteiger partial charge is 0.389 e. The Morgan fingerprint density at radius 1 is 1.38 bits per heavy atom. The Bertz CT molecular complexity index is 460. The number of hydrogen-bond acceptors (Lipinski definition) is 1. The highest BCUT2D eigenvalue weighted by molar-refractivity contribution is 5.39. The van der Waals surface area contributed by atoms with Gasteiger partial charge in [-0.2, -0.15) is 0 Å². The maximum atomic E-state index is 9.68. The Hall–Kier alpha value is -1.08. The van der Waals surface area contributed by atoms with E-state index in [1.54, 1.807) is 0 Å². The first-order valence-electron chi connectivity index (χ1n) is 8.18. The van der Waals surface area contributed by atoms with E-state index in [9.17, 15) is 5.11 Å². The van der Waals surface area contributed by atoms with Crippen LogP contribution < -0.4 is 0 Å². The zero-order valence-electron chi connectivity index (χ0n) is 14.6. The molecular formula is C20H32O. The first-order valence-corrected chi connectivity index (χ1v) is 8.18. The molecule has 21 heavy (non-hydrogen) atoms. The molecule has 0 fully saturated rings. The van der Waals surface area contributed by atoms with E-state index in [-0.39, 0.29) is 11.5 Å². The molecule has 1 aliphatic carbocycles. The van der Waals surface area contributed by atoms with E-state index in [0.29, 0.717) is 5.92 Å². The molecule has 3 unspecified atom stereocenters. The van der Waals surface area contributed by atoms with Crippen LogP contribution in [0.1, 0.15) is 60.8 Å². The Morgan fingerprint density at radius 3 is 2.52 bits per heavy atom. The van der Waals surface area contributed by atoms with E-state index in [2.05, 4.69) is 65.8 Å². The number of aliphatic hydroxyl groups excluding tert-OH is 1. The second-order valence-corrected chi connectivity index (χ2v) is 6.96. The van der Waals surface area contributed by atoms with Crippen molar-refractivity contribution in [2.24, 2.45) is 11.3 Å². The van der Waals surface area contributed by atoms with Gasteiger partial charge in [0.15, 0.2) is 0 Å². The molecule has 0 amide bonds. The molecule has 1 nitrogen and oxygen atoms in total. The highest BCUT2D eigenvalue weighted by Crippen LogP contribution is 2.43. The summed E-state index contributed by atoms with van der Waals surface area (Å²) in [5.41, 5.74) is 4.13. The molecule has 0 spiro atoms. The monoisotopic (exact) mass is 288 g/mol. The summed E-state index contributed by atoms with van der Waals surface area (Å²) in [5, 5.41) is 9.68. The molecule has 1 aliphatic rings. The van der Waals surface area contributed by atoms with Gasteiger partial charge in [-0.05, 0) is 45.1 Å². The molecule has 1 N–H and O–H groups in total. The van der Waals surface area contributed by atoms with Gasteiger partial charge in [-0.1, -0.05) is 68.7 Å². The Kier molecular flexibility index (Phi) is 6.67. The van der Waals surface area contributed by atoms with Crippen LogP contribution in [0.25, 0.3) is 0 Å². The van der Waals surface area contributed by atoms with Gasteiger partial charge in [0.25, 0.3) is 0 Å². The fourth-order valence-corrected chi connectivity index (χ4v) is 2.84. The Balaban J connectivity index is 3.14. The quantitative estimate of drug-likeness (QED) is 0.632. The molecule has 0 heterocycles. The van der Waals surface area contributed by atoms with Crippen molar-refractivity contribution in [1.29, 1.82) is 0 Å². The van der Waals surface area contributed by atoms with Crippen LogP contribution in [-0.4, -0.2) is 11.2 Å². The predicted molar refractivity (Wildman–Crippen MR) is 93.2 cm³/mol. The minimum atomic E-state index is -0.316. The van der Waals surface area contributed by atoms with Gasteiger partial charge in [-0.3, -0.25) is 0 Å². The normalized spacial score (nSPS) is 23.3. The fraction of sp³-hybridized carbons (Fsp3) is 0.600. The molecule has 0 aromatic heterocycles. The predicted octanol–water partition coefficient (Wildman–Crippen LogP) is 5.59.